The summed E-state index contributed by atoms with van der Waals surface area (Å²) in [4.78, 5) is 0. The number of nitrogens with one attached hydrogen (secondary N) is 1. The Kier molecular flexibility index (Phi) is 4.77. The first kappa shape index (κ1) is 13.1. The molecule has 2 rings (SSSR count). The first-order valence-electron chi connectivity index (χ1n) is 6.98. The summed E-state index contributed by atoms with van der Waals surface area (Å²) in [5.74, 6) is 0. The van der Waals surface area contributed by atoms with Crippen molar-refractivity contribution in [2.45, 2.75) is 38.6 Å². The number of hydrogen-bond donors (Lipinski definition) is 1. The normalized spacial score (nSPS) is 12.8. The van der Waals surface area contributed by atoms with Crippen molar-refractivity contribution < 1.29 is 0 Å². The van der Waals surface area contributed by atoms with Crippen molar-refractivity contribution in [3.63, 3.8) is 0 Å². The minimum atomic E-state index is 0.654. The standard InChI is InChI=1S/C17H23N/c1-3-6-17(18-2)12-10-14-9-11-15-7-4-5-8-16(15)13-14/h4-5,7-9,11,13,17-18H,3,6,10,12H2,1-2H3. The highest BCUT2D eigenvalue weighted by molar-refractivity contribution is 5.82. The van der Waals surface area contributed by atoms with Crippen molar-refractivity contribution in [1.82, 2.24) is 5.32 Å². The number of fused-ring (bicyclic) bond motifs is 1. The van der Waals surface area contributed by atoms with E-state index in [9.17, 15) is 0 Å². The second kappa shape index (κ2) is 6.55. The van der Waals surface area contributed by atoms with Crippen LogP contribution in [0, 0.1) is 0 Å². The summed E-state index contributed by atoms with van der Waals surface area (Å²) in [6.45, 7) is 2.25. The van der Waals surface area contributed by atoms with Gasteiger partial charge in [-0.25, -0.2) is 0 Å². The predicted molar refractivity (Wildman–Crippen MR) is 80.0 cm³/mol. The van der Waals surface area contributed by atoms with Crippen LogP contribution >= 0.6 is 0 Å². The van der Waals surface area contributed by atoms with Crippen LogP contribution in [-0.2, 0) is 6.42 Å². The average molecular weight is 241 g/mol. The second-order valence-corrected chi connectivity index (χ2v) is 4.99. The molecule has 2 aromatic carbocycles. The zero-order valence-electron chi connectivity index (χ0n) is 11.4. The lowest BCUT2D eigenvalue weighted by molar-refractivity contribution is 0.484. The molecule has 0 amide bonds. The Morgan fingerprint density at radius 1 is 1.00 bits per heavy atom. The number of benzene rings is 2. The molecule has 0 aliphatic rings. The lowest BCUT2D eigenvalue weighted by Crippen LogP contribution is -2.25. The lowest BCUT2D eigenvalue weighted by atomic mass is 10.00. The van der Waals surface area contributed by atoms with Crippen molar-refractivity contribution >= 4 is 10.8 Å². The van der Waals surface area contributed by atoms with E-state index in [-0.39, 0.29) is 0 Å². The van der Waals surface area contributed by atoms with Crippen molar-refractivity contribution in [2.24, 2.45) is 0 Å². The van der Waals surface area contributed by atoms with Gasteiger partial charge in [0, 0.05) is 6.04 Å². The molecule has 0 spiro atoms. The summed E-state index contributed by atoms with van der Waals surface area (Å²) >= 11 is 0. The smallest absolute Gasteiger partial charge is 0.00671 e. The van der Waals surface area contributed by atoms with Crippen LogP contribution in [0.15, 0.2) is 42.5 Å². The van der Waals surface area contributed by atoms with Gasteiger partial charge in [-0.3, -0.25) is 0 Å². The third-order valence-electron chi connectivity index (χ3n) is 3.64. The molecule has 0 radical (unpaired) electrons. The van der Waals surface area contributed by atoms with Crippen LogP contribution in [0.5, 0.6) is 0 Å². The van der Waals surface area contributed by atoms with E-state index in [2.05, 4.69) is 61.8 Å². The third kappa shape index (κ3) is 3.33. The van der Waals surface area contributed by atoms with Crippen molar-refractivity contribution in [1.29, 1.82) is 0 Å². The van der Waals surface area contributed by atoms with Gasteiger partial charge in [-0.1, -0.05) is 55.8 Å². The first-order chi connectivity index (χ1) is 8.83. The molecule has 0 fully saturated rings. The van der Waals surface area contributed by atoms with Crippen LogP contribution in [0.2, 0.25) is 0 Å². The zero-order valence-corrected chi connectivity index (χ0v) is 11.4. The predicted octanol–water partition coefficient (Wildman–Crippen LogP) is 4.16. The van der Waals surface area contributed by atoms with Gasteiger partial charge < -0.3 is 5.32 Å². The summed E-state index contributed by atoms with van der Waals surface area (Å²) in [6, 6.07) is 16.1. The molecule has 18 heavy (non-hydrogen) atoms. The first-order valence-corrected chi connectivity index (χ1v) is 6.98. The van der Waals surface area contributed by atoms with Gasteiger partial charge >= 0.3 is 0 Å². The van der Waals surface area contributed by atoms with Gasteiger partial charge in [-0.2, -0.15) is 0 Å². The zero-order chi connectivity index (χ0) is 12.8. The summed E-state index contributed by atoms with van der Waals surface area (Å²) in [5, 5.41) is 6.10. The molecular weight excluding hydrogens is 218 g/mol. The van der Waals surface area contributed by atoms with Gasteiger partial charge in [-0.15, -0.1) is 0 Å². The highest BCUT2D eigenvalue weighted by Crippen LogP contribution is 2.17. The molecule has 1 unspecified atom stereocenters. The Morgan fingerprint density at radius 2 is 1.78 bits per heavy atom. The molecule has 1 N–H and O–H groups in total. The number of rotatable bonds is 6. The molecule has 0 bridgehead atoms. The maximum absolute atomic E-state index is 3.41. The van der Waals surface area contributed by atoms with Gasteiger partial charge in [0.25, 0.3) is 0 Å². The third-order valence-corrected chi connectivity index (χ3v) is 3.64. The maximum atomic E-state index is 3.41. The molecule has 0 aliphatic heterocycles. The van der Waals surface area contributed by atoms with Crippen LogP contribution < -0.4 is 5.32 Å². The van der Waals surface area contributed by atoms with E-state index >= 15 is 0 Å². The van der Waals surface area contributed by atoms with Crippen LogP contribution in [0.1, 0.15) is 31.7 Å². The molecular formula is C17H23N. The van der Waals surface area contributed by atoms with Crippen molar-refractivity contribution in [2.75, 3.05) is 7.05 Å². The fourth-order valence-electron chi connectivity index (χ4n) is 2.52. The van der Waals surface area contributed by atoms with Crippen molar-refractivity contribution in [3.8, 4) is 0 Å². The van der Waals surface area contributed by atoms with Gasteiger partial charge in [-0.05, 0) is 42.6 Å². The molecule has 0 saturated heterocycles. The van der Waals surface area contributed by atoms with E-state index in [0.29, 0.717) is 6.04 Å². The fourth-order valence-corrected chi connectivity index (χ4v) is 2.52. The molecule has 1 atom stereocenters. The topological polar surface area (TPSA) is 12.0 Å². The largest absolute Gasteiger partial charge is 0.317 e. The van der Waals surface area contributed by atoms with Gasteiger partial charge in [0.05, 0.1) is 0 Å². The molecule has 0 aliphatic carbocycles. The summed E-state index contributed by atoms with van der Waals surface area (Å²) < 4.78 is 0. The Bertz CT molecular complexity index is 490. The quantitative estimate of drug-likeness (QED) is 0.800. The van der Waals surface area contributed by atoms with Crippen LogP contribution in [0.4, 0.5) is 0 Å². The minimum absolute atomic E-state index is 0.654. The molecule has 0 saturated carbocycles. The van der Waals surface area contributed by atoms with E-state index in [1.807, 2.05) is 0 Å². The number of hydrogen-bond acceptors (Lipinski definition) is 1. The molecule has 0 heterocycles. The van der Waals surface area contributed by atoms with E-state index in [0.717, 1.165) is 6.42 Å². The Hall–Kier alpha value is -1.34. The summed E-state index contributed by atoms with van der Waals surface area (Å²) in [5.41, 5.74) is 1.45. The van der Waals surface area contributed by atoms with Crippen LogP contribution in [0.25, 0.3) is 10.8 Å². The molecule has 1 heteroatoms. The summed E-state index contributed by atoms with van der Waals surface area (Å²) in [7, 11) is 2.07. The molecule has 0 aromatic heterocycles. The summed E-state index contributed by atoms with van der Waals surface area (Å²) in [6.07, 6.45) is 4.91. The minimum Gasteiger partial charge on any atom is -0.317 e. The lowest BCUT2D eigenvalue weighted by Gasteiger charge is -2.15. The van der Waals surface area contributed by atoms with Crippen molar-refractivity contribution in [3.05, 3.63) is 48.0 Å². The van der Waals surface area contributed by atoms with E-state index in [1.165, 1.54) is 35.6 Å². The van der Waals surface area contributed by atoms with Crippen LogP contribution in [0.3, 0.4) is 0 Å². The molecule has 1 nitrogen and oxygen atoms in total. The fraction of sp³-hybridized carbons (Fsp3) is 0.412. The van der Waals surface area contributed by atoms with E-state index in [4.69, 9.17) is 0 Å². The van der Waals surface area contributed by atoms with Gasteiger partial charge in [0.2, 0.25) is 0 Å². The Morgan fingerprint density at radius 3 is 2.50 bits per heavy atom. The van der Waals surface area contributed by atoms with Crippen LogP contribution in [-0.4, -0.2) is 13.1 Å². The van der Waals surface area contributed by atoms with E-state index < -0.39 is 0 Å². The maximum Gasteiger partial charge on any atom is 0.00671 e. The molecule has 96 valence electrons. The number of aryl methyl sites for hydroxylation is 1. The average Bonchev–Trinajstić information content (AvgIpc) is 2.43. The van der Waals surface area contributed by atoms with Gasteiger partial charge in [0.15, 0.2) is 0 Å². The Labute approximate surface area is 110 Å². The Balaban J connectivity index is 2.03. The SMILES string of the molecule is CCCC(CCc1ccc2ccccc2c1)NC. The van der Waals surface area contributed by atoms with E-state index in [1.54, 1.807) is 0 Å². The highest BCUT2D eigenvalue weighted by atomic mass is 14.9. The molecule has 2 aromatic rings. The monoisotopic (exact) mass is 241 g/mol. The second-order valence-electron chi connectivity index (χ2n) is 4.99. The van der Waals surface area contributed by atoms with Gasteiger partial charge in [0.1, 0.15) is 0 Å². The highest BCUT2D eigenvalue weighted by Gasteiger charge is 2.05.